The standard InChI is InChI=1S/C14H10S2/c15-13-5-1-3-11(9-13)7-8-12-4-2-6-14(16)10-12/h1-6,9-10,15-16H. The quantitative estimate of drug-likeness (QED) is 0.511. The Morgan fingerprint density at radius 2 is 1.12 bits per heavy atom. The van der Waals surface area contributed by atoms with E-state index in [-0.39, 0.29) is 0 Å². The highest BCUT2D eigenvalue weighted by Gasteiger charge is 1.89. The minimum absolute atomic E-state index is 0.926. The van der Waals surface area contributed by atoms with Crippen LogP contribution in [-0.4, -0.2) is 0 Å². The molecular formula is C14H10S2. The zero-order valence-corrected chi connectivity index (χ0v) is 10.3. The first-order valence-electron chi connectivity index (χ1n) is 4.84. The maximum Gasteiger partial charge on any atom is 0.0260 e. The molecule has 0 N–H and O–H groups in total. The molecule has 0 radical (unpaired) electrons. The number of rotatable bonds is 0. The van der Waals surface area contributed by atoms with Crippen LogP contribution < -0.4 is 0 Å². The third-order valence-electron chi connectivity index (χ3n) is 2.04. The fourth-order valence-corrected chi connectivity index (χ4v) is 1.76. The topological polar surface area (TPSA) is 0 Å². The highest BCUT2D eigenvalue weighted by atomic mass is 32.1. The highest BCUT2D eigenvalue weighted by Crippen LogP contribution is 2.09. The van der Waals surface area contributed by atoms with Crippen molar-refractivity contribution >= 4 is 25.3 Å². The SMILES string of the molecule is Sc1cccc(C#Cc2cccc(S)c2)c1. The second-order valence-electron chi connectivity index (χ2n) is 3.35. The van der Waals surface area contributed by atoms with Gasteiger partial charge in [-0.15, -0.1) is 25.3 Å². The number of hydrogen-bond acceptors (Lipinski definition) is 2. The van der Waals surface area contributed by atoms with E-state index in [4.69, 9.17) is 0 Å². The van der Waals surface area contributed by atoms with Crippen LogP contribution in [0.4, 0.5) is 0 Å². The minimum Gasteiger partial charge on any atom is -0.143 e. The van der Waals surface area contributed by atoms with Crippen LogP contribution in [0.2, 0.25) is 0 Å². The Kier molecular flexibility index (Phi) is 3.61. The Balaban J connectivity index is 2.28. The van der Waals surface area contributed by atoms with Gasteiger partial charge in [-0.1, -0.05) is 24.0 Å². The Morgan fingerprint density at radius 1 is 0.688 bits per heavy atom. The van der Waals surface area contributed by atoms with E-state index in [1.807, 2.05) is 48.5 Å². The molecule has 0 spiro atoms. The van der Waals surface area contributed by atoms with E-state index in [9.17, 15) is 0 Å². The van der Waals surface area contributed by atoms with Gasteiger partial charge in [0, 0.05) is 20.9 Å². The molecule has 0 atom stereocenters. The molecule has 0 saturated carbocycles. The van der Waals surface area contributed by atoms with E-state index in [0.29, 0.717) is 0 Å². The van der Waals surface area contributed by atoms with Crippen molar-refractivity contribution in [3.05, 3.63) is 59.7 Å². The third-order valence-corrected chi connectivity index (χ3v) is 2.60. The molecule has 2 aromatic rings. The monoisotopic (exact) mass is 242 g/mol. The lowest BCUT2D eigenvalue weighted by atomic mass is 10.2. The van der Waals surface area contributed by atoms with E-state index in [2.05, 4.69) is 37.1 Å². The summed E-state index contributed by atoms with van der Waals surface area (Å²) in [7, 11) is 0. The van der Waals surface area contributed by atoms with Gasteiger partial charge in [-0.25, -0.2) is 0 Å². The van der Waals surface area contributed by atoms with Crippen LogP contribution >= 0.6 is 25.3 Å². The Morgan fingerprint density at radius 3 is 1.50 bits per heavy atom. The lowest BCUT2D eigenvalue weighted by Gasteiger charge is -1.93. The van der Waals surface area contributed by atoms with Crippen LogP contribution in [0.1, 0.15) is 11.1 Å². The van der Waals surface area contributed by atoms with E-state index in [0.717, 1.165) is 20.9 Å². The van der Waals surface area contributed by atoms with E-state index < -0.39 is 0 Å². The molecule has 0 aliphatic heterocycles. The van der Waals surface area contributed by atoms with Crippen LogP contribution in [0.5, 0.6) is 0 Å². The van der Waals surface area contributed by atoms with Crippen molar-refractivity contribution in [2.45, 2.75) is 9.79 Å². The second-order valence-corrected chi connectivity index (χ2v) is 4.38. The van der Waals surface area contributed by atoms with Crippen molar-refractivity contribution in [1.29, 1.82) is 0 Å². The first-order valence-corrected chi connectivity index (χ1v) is 5.73. The van der Waals surface area contributed by atoms with Crippen molar-refractivity contribution < 1.29 is 0 Å². The molecule has 0 aliphatic rings. The molecule has 0 heterocycles. The predicted molar refractivity (Wildman–Crippen MR) is 73.4 cm³/mol. The van der Waals surface area contributed by atoms with Crippen molar-refractivity contribution in [3.63, 3.8) is 0 Å². The molecule has 78 valence electrons. The van der Waals surface area contributed by atoms with Gasteiger partial charge in [0.05, 0.1) is 0 Å². The molecule has 2 heteroatoms. The summed E-state index contributed by atoms with van der Waals surface area (Å²) >= 11 is 8.54. The van der Waals surface area contributed by atoms with Gasteiger partial charge in [0.1, 0.15) is 0 Å². The Labute approximate surface area is 107 Å². The molecule has 0 aromatic heterocycles. The second kappa shape index (κ2) is 5.16. The minimum atomic E-state index is 0.926. The van der Waals surface area contributed by atoms with Crippen LogP contribution in [-0.2, 0) is 0 Å². The van der Waals surface area contributed by atoms with E-state index >= 15 is 0 Å². The van der Waals surface area contributed by atoms with Gasteiger partial charge in [-0.3, -0.25) is 0 Å². The van der Waals surface area contributed by atoms with Crippen molar-refractivity contribution in [3.8, 4) is 11.8 Å². The van der Waals surface area contributed by atoms with Crippen LogP contribution in [0.15, 0.2) is 58.3 Å². The molecule has 2 aromatic carbocycles. The normalized spacial score (nSPS) is 9.38. The average molecular weight is 242 g/mol. The summed E-state index contributed by atoms with van der Waals surface area (Å²) in [5.74, 6) is 6.19. The first kappa shape index (κ1) is 11.2. The predicted octanol–water partition coefficient (Wildman–Crippen LogP) is 3.66. The summed E-state index contributed by atoms with van der Waals surface area (Å²) in [5, 5.41) is 0. The summed E-state index contributed by atoms with van der Waals surface area (Å²) in [5.41, 5.74) is 1.94. The molecule has 0 aliphatic carbocycles. The fraction of sp³-hybridized carbons (Fsp3) is 0. The Bertz CT molecular complexity index is 513. The van der Waals surface area contributed by atoms with Gasteiger partial charge in [0.25, 0.3) is 0 Å². The molecule has 2 rings (SSSR count). The molecular weight excluding hydrogens is 232 g/mol. The van der Waals surface area contributed by atoms with E-state index in [1.54, 1.807) is 0 Å². The van der Waals surface area contributed by atoms with Crippen molar-refractivity contribution in [2.75, 3.05) is 0 Å². The summed E-state index contributed by atoms with van der Waals surface area (Å²) in [6.45, 7) is 0. The number of hydrogen-bond donors (Lipinski definition) is 2. The van der Waals surface area contributed by atoms with Gasteiger partial charge in [-0.05, 0) is 36.4 Å². The fourth-order valence-electron chi connectivity index (χ4n) is 1.31. The molecule has 0 fully saturated rings. The summed E-state index contributed by atoms with van der Waals surface area (Å²) < 4.78 is 0. The van der Waals surface area contributed by atoms with Crippen molar-refractivity contribution in [2.24, 2.45) is 0 Å². The number of benzene rings is 2. The zero-order valence-electron chi connectivity index (χ0n) is 8.51. The highest BCUT2D eigenvalue weighted by molar-refractivity contribution is 7.80. The van der Waals surface area contributed by atoms with Gasteiger partial charge in [0.15, 0.2) is 0 Å². The summed E-state index contributed by atoms with van der Waals surface area (Å²) in [6, 6.07) is 15.6. The Hall–Kier alpha value is -1.30. The maximum atomic E-state index is 4.27. The van der Waals surface area contributed by atoms with Crippen LogP contribution in [0.25, 0.3) is 0 Å². The molecule has 0 amide bonds. The van der Waals surface area contributed by atoms with Crippen molar-refractivity contribution in [1.82, 2.24) is 0 Å². The maximum absolute atomic E-state index is 4.27. The zero-order chi connectivity index (χ0) is 11.4. The van der Waals surface area contributed by atoms with Gasteiger partial charge < -0.3 is 0 Å². The van der Waals surface area contributed by atoms with Gasteiger partial charge >= 0.3 is 0 Å². The lowest BCUT2D eigenvalue weighted by molar-refractivity contribution is 1.44. The number of thiol groups is 2. The smallest absolute Gasteiger partial charge is 0.0260 e. The van der Waals surface area contributed by atoms with Gasteiger partial charge in [0.2, 0.25) is 0 Å². The van der Waals surface area contributed by atoms with E-state index in [1.165, 1.54) is 0 Å². The summed E-state index contributed by atoms with van der Waals surface area (Å²) in [6.07, 6.45) is 0. The lowest BCUT2D eigenvalue weighted by Crippen LogP contribution is -1.76. The molecule has 0 unspecified atom stereocenters. The molecule has 0 bridgehead atoms. The largest absolute Gasteiger partial charge is 0.143 e. The third kappa shape index (κ3) is 3.10. The molecule has 0 nitrogen and oxygen atoms in total. The summed E-state index contributed by atoms with van der Waals surface area (Å²) in [4.78, 5) is 1.85. The first-order chi connectivity index (χ1) is 7.74. The van der Waals surface area contributed by atoms with Gasteiger partial charge in [-0.2, -0.15) is 0 Å². The molecule has 16 heavy (non-hydrogen) atoms. The van der Waals surface area contributed by atoms with Crippen LogP contribution in [0.3, 0.4) is 0 Å². The average Bonchev–Trinajstić information content (AvgIpc) is 2.27. The van der Waals surface area contributed by atoms with Crippen LogP contribution in [0, 0.1) is 11.8 Å². The molecule has 0 saturated heterocycles.